The number of piperidine rings is 1. The maximum atomic E-state index is 2.41. The van der Waals surface area contributed by atoms with Crippen LogP contribution in [-0.4, -0.2) is 50.1 Å². The molecule has 0 radical (unpaired) electrons. The molecule has 60 valence electrons. The Hall–Kier alpha value is -0.0800. The zero-order valence-corrected chi connectivity index (χ0v) is 7.30. The second-order valence-electron chi connectivity index (χ2n) is 3.52. The summed E-state index contributed by atoms with van der Waals surface area (Å²) in [4.78, 5) is 4.74. The lowest BCUT2D eigenvalue weighted by atomic mass is 10.1. The van der Waals surface area contributed by atoms with Crippen molar-refractivity contribution in [2.24, 2.45) is 0 Å². The van der Waals surface area contributed by atoms with Gasteiger partial charge in [-0.25, -0.2) is 0 Å². The van der Waals surface area contributed by atoms with Crippen LogP contribution < -0.4 is 0 Å². The highest BCUT2D eigenvalue weighted by atomic mass is 15.2. The van der Waals surface area contributed by atoms with E-state index in [1.54, 1.807) is 0 Å². The van der Waals surface area contributed by atoms with Crippen molar-refractivity contribution >= 4 is 0 Å². The molecule has 1 saturated heterocycles. The average Bonchev–Trinajstić information content (AvgIpc) is 1.88. The predicted molar refractivity (Wildman–Crippen MR) is 44.2 cm³/mol. The molecule has 1 aliphatic rings. The van der Waals surface area contributed by atoms with Crippen molar-refractivity contribution < 1.29 is 0 Å². The fourth-order valence-electron chi connectivity index (χ4n) is 1.56. The van der Waals surface area contributed by atoms with E-state index >= 15 is 0 Å². The number of nitrogens with zero attached hydrogens (tertiary/aromatic N) is 2. The van der Waals surface area contributed by atoms with Crippen LogP contribution in [0.3, 0.4) is 0 Å². The Kier molecular flexibility index (Phi) is 2.69. The molecule has 0 amide bonds. The second-order valence-corrected chi connectivity index (χ2v) is 3.52. The summed E-state index contributed by atoms with van der Waals surface area (Å²) >= 11 is 0. The van der Waals surface area contributed by atoms with Crippen LogP contribution >= 0.6 is 0 Å². The number of hydrogen-bond acceptors (Lipinski definition) is 2. The molecule has 1 rings (SSSR count). The highest BCUT2D eigenvalue weighted by Gasteiger charge is 2.17. The molecule has 1 aliphatic heterocycles. The Labute approximate surface area is 63.8 Å². The molecule has 1 unspecified atom stereocenters. The summed E-state index contributed by atoms with van der Waals surface area (Å²) < 4.78 is 0. The lowest BCUT2D eigenvalue weighted by Crippen LogP contribution is -2.43. The van der Waals surface area contributed by atoms with Gasteiger partial charge in [-0.3, -0.25) is 0 Å². The molecule has 0 bridgehead atoms. The van der Waals surface area contributed by atoms with Gasteiger partial charge in [-0.05, 0) is 40.5 Å². The summed E-state index contributed by atoms with van der Waals surface area (Å²) in [6.45, 7) is 2.53. The smallest absolute Gasteiger partial charge is 0.0217 e. The summed E-state index contributed by atoms with van der Waals surface area (Å²) in [5.74, 6) is 0. The van der Waals surface area contributed by atoms with E-state index in [1.165, 1.54) is 25.9 Å². The number of rotatable bonds is 1. The normalized spacial score (nSPS) is 29.4. The van der Waals surface area contributed by atoms with Crippen molar-refractivity contribution in [3.63, 3.8) is 0 Å². The third-order valence-corrected chi connectivity index (χ3v) is 2.33. The van der Waals surface area contributed by atoms with Crippen molar-refractivity contribution in [3.05, 3.63) is 0 Å². The standard InChI is InChI=1S/C8H18N2/c1-9(2)8-5-4-6-10(3)7-8/h8H,4-7H2,1-3H3. The van der Waals surface area contributed by atoms with Crippen LogP contribution in [0.5, 0.6) is 0 Å². The average molecular weight is 142 g/mol. The van der Waals surface area contributed by atoms with Crippen molar-refractivity contribution in [1.29, 1.82) is 0 Å². The summed E-state index contributed by atoms with van der Waals surface area (Å²) in [7, 11) is 6.54. The van der Waals surface area contributed by atoms with E-state index in [0.717, 1.165) is 6.04 Å². The molecule has 10 heavy (non-hydrogen) atoms. The van der Waals surface area contributed by atoms with E-state index in [9.17, 15) is 0 Å². The van der Waals surface area contributed by atoms with Crippen LogP contribution in [-0.2, 0) is 0 Å². The van der Waals surface area contributed by atoms with Crippen molar-refractivity contribution in [2.75, 3.05) is 34.2 Å². The third-order valence-electron chi connectivity index (χ3n) is 2.33. The van der Waals surface area contributed by atoms with Gasteiger partial charge in [-0.15, -0.1) is 0 Å². The van der Waals surface area contributed by atoms with Crippen LogP contribution in [0, 0.1) is 0 Å². The van der Waals surface area contributed by atoms with E-state index < -0.39 is 0 Å². The fraction of sp³-hybridized carbons (Fsp3) is 1.00. The first-order valence-electron chi connectivity index (χ1n) is 4.05. The van der Waals surface area contributed by atoms with Crippen LogP contribution in [0.1, 0.15) is 12.8 Å². The lowest BCUT2D eigenvalue weighted by Gasteiger charge is -2.33. The first-order chi connectivity index (χ1) is 4.70. The van der Waals surface area contributed by atoms with E-state index in [4.69, 9.17) is 0 Å². The van der Waals surface area contributed by atoms with E-state index in [1.807, 2.05) is 0 Å². The molecule has 2 nitrogen and oxygen atoms in total. The quantitative estimate of drug-likeness (QED) is 0.530. The van der Waals surface area contributed by atoms with Crippen molar-refractivity contribution in [1.82, 2.24) is 9.80 Å². The van der Waals surface area contributed by atoms with Crippen molar-refractivity contribution in [3.8, 4) is 0 Å². The van der Waals surface area contributed by atoms with E-state index in [-0.39, 0.29) is 0 Å². The van der Waals surface area contributed by atoms with Gasteiger partial charge >= 0.3 is 0 Å². The summed E-state index contributed by atoms with van der Waals surface area (Å²) in [5, 5.41) is 0. The molecule has 0 aromatic carbocycles. The Balaban J connectivity index is 2.32. The third kappa shape index (κ3) is 1.96. The fourth-order valence-corrected chi connectivity index (χ4v) is 1.56. The van der Waals surface area contributed by atoms with Gasteiger partial charge in [0.1, 0.15) is 0 Å². The number of hydrogen-bond donors (Lipinski definition) is 0. The number of likely N-dealkylation sites (N-methyl/N-ethyl adjacent to an activating group) is 2. The second kappa shape index (κ2) is 3.35. The largest absolute Gasteiger partial charge is 0.305 e. The molecule has 1 atom stereocenters. The topological polar surface area (TPSA) is 6.48 Å². The number of likely N-dealkylation sites (tertiary alicyclic amines) is 1. The van der Waals surface area contributed by atoms with Gasteiger partial charge in [-0.1, -0.05) is 0 Å². The summed E-state index contributed by atoms with van der Waals surface area (Å²) in [5.41, 5.74) is 0. The Bertz CT molecular complexity index is 101. The molecule has 0 saturated carbocycles. The zero-order chi connectivity index (χ0) is 7.56. The maximum absolute atomic E-state index is 2.41. The molecule has 0 N–H and O–H groups in total. The van der Waals surface area contributed by atoms with Gasteiger partial charge in [0.25, 0.3) is 0 Å². The minimum Gasteiger partial charge on any atom is -0.305 e. The van der Waals surface area contributed by atoms with Gasteiger partial charge < -0.3 is 9.80 Å². The molecule has 0 aliphatic carbocycles. The highest BCUT2D eigenvalue weighted by molar-refractivity contribution is 4.75. The lowest BCUT2D eigenvalue weighted by molar-refractivity contribution is 0.155. The Morgan fingerprint density at radius 3 is 2.50 bits per heavy atom. The monoisotopic (exact) mass is 142 g/mol. The Morgan fingerprint density at radius 1 is 1.40 bits per heavy atom. The van der Waals surface area contributed by atoms with E-state index in [0.29, 0.717) is 0 Å². The molecule has 0 spiro atoms. The van der Waals surface area contributed by atoms with Gasteiger partial charge in [0.05, 0.1) is 0 Å². The maximum Gasteiger partial charge on any atom is 0.0217 e. The molecule has 1 heterocycles. The van der Waals surface area contributed by atoms with Crippen LogP contribution in [0.2, 0.25) is 0 Å². The molecule has 0 aromatic rings. The first kappa shape index (κ1) is 8.02. The van der Waals surface area contributed by atoms with Crippen molar-refractivity contribution in [2.45, 2.75) is 18.9 Å². The molecule has 1 fully saturated rings. The minimum atomic E-state index is 0.791. The van der Waals surface area contributed by atoms with E-state index in [2.05, 4.69) is 30.9 Å². The van der Waals surface area contributed by atoms with Crippen LogP contribution in [0.15, 0.2) is 0 Å². The zero-order valence-electron chi connectivity index (χ0n) is 7.30. The van der Waals surface area contributed by atoms with Gasteiger partial charge in [0.2, 0.25) is 0 Å². The van der Waals surface area contributed by atoms with Gasteiger partial charge in [-0.2, -0.15) is 0 Å². The Morgan fingerprint density at radius 2 is 2.10 bits per heavy atom. The minimum absolute atomic E-state index is 0.791. The summed E-state index contributed by atoms with van der Waals surface area (Å²) in [6, 6.07) is 0.791. The van der Waals surface area contributed by atoms with Gasteiger partial charge in [0, 0.05) is 12.6 Å². The predicted octanol–water partition coefficient (Wildman–Crippen LogP) is 0.642. The molecule has 2 heteroatoms. The molecular weight excluding hydrogens is 124 g/mol. The highest BCUT2D eigenvalue weighted by Crippen LogP contribution is 2.11. The first-order valence-corrected chi connectivity index (χ1v) is 4.05. The van der Waals surface area contributed by atoms with Crippen LogP contribution in [0.4, 0.5) is 0 Å². The summed E-state index contributed by atoms with van der Waals surface area (Å²) in [6.07, 6.45) is 2.73. The SMILES string of the molecule is CN1CCCC(N(C)C)C1. The molecule has 0 aromatic heterocycles. The van der Waals surface area contributed by atoms with Crippen LogP contribution in [0.25, 0.3) is 0 Å². The molecular formula is C8H18N2. The van der Waals surface area contributed by atoms with Gasteiger partial charge in [0.15, 0.2) is 0 Å².